The largest absolute Gasteiger partial charge is 0.508 e. The van der Waals surface area contributed by atoms with E-state index in [-0.39, 0.29) is 11.7 Å². The third-order valence-electron chi connectivity index (χ3n) is 3.98. The van der Waals surface area contributed by atoms with Crippen molar-refractivity contribution in [1.82, 2.24) is 9.80 Å². The highest BCUT2D eigenvalue weighted by Crippen LogP contribution is 2.19. The highest BCUT2D eigenvalue weighted by Gasteiger charge is 2.27. The predicted octanol–water partition coefficient (Wildman–Crippen LogP) is 1.87. The lowest BCUT2D eigenvalue weighted by Gasteiger charge is -2.39. The Morgan fingerprint density at radius 2 is 2.16 bits per heavy atom. The lowest BCUT2D eigenvalue weighted by molar-refractivity contribution is 0.0541. The average molecular weight is 262 g/mol. The van der Waals surface area contributed by atoms with Crippen LogP contribution in [0.15, 0.2) is 18.2 Å². The number of phenolic OH excluding ortho intramolecular Hbond substituents is 1. The maximum Gasteiger partial charge on any atom is 0.254 e. The first kappa shape index (κ1) is 13.9. The number of likely N-dealkylation sites (N-methyl/N-ethyl adjacent to an activating group) is 1. The molecule has 4 nitrogen and oxygen atoms in total. The summed E-state index contributed by atoms with van der Waals surface area (Å²) in [4.78, 5) is 16.8. The zero-order valence-electron chi connectivity index (χ0n) is 11.9. The lowest BCUT2D eigenvalue weighted by atomic mass is 10.0. The fraction of sp³-hybridized carbons (Fsp3) is 0.533. The summed E-state index contributed by atoms with van der Waals surface area (Å²) < 4.78 is 0. The molecule has 1 aromatic rings. The average Bonchev–Trinajstić information content (AvgIpc) is 2.38. The van der Waals surface area contributed by atoms with Crippen LogP contribution in [0.4, 0.5) is 0 Å². The number of amides is 1. The number of benzene rings is 1. The van der Waals surface area contributed by atoms with Gasteiger partial charge in [0.15, 0.2) is 0 Å². The van der Waals surface area contributed by atoms with Crippen LogP contribution in [-0.4, -0.2) is 53.5 Å². The maximum absolute atomic E-state index is 12.5. The van der Waals surface area contributed by atoms with Crippen molar-refractivity contribution in [2.45, 2.75) is 26.3 Å². The Morgan fingerprint density at radius 1 is 1.42 bits per heavy atom. The van der Waals surface area contributed by atoms with Crippen LogP contribution in [0.1, 0.15) is 29.3 Å². The van der Waals surface area contributed by atoms with Crippen LogP contribution in [0.25, 0.3) is 0 Å². The molecule has 0 aromatic heterocycles. The minimum absolute atomic E-state index is 0.0732. The summed E-state index contributed by atoms with van der Waals surface area (Å²) in [5.74, 6) is 0.280. The molecule has 1 unspecified atom stereocenters. The van der Waals surface area contributed by atoms with Gasteiger partial charge in [-0.05, 0) is 44.2 Å². The first-order valence-electron chi connectivity index (χ1n) is 6.82. The number of aromatic hydroxyl groups is 1. The summed E-state index contributed by atoms with van der Waals surface area (Å²) >= 11 is 0. The molecule has 0 saturated carbocycles. The van der Waals surface area contributed by atoms with Crippen molar-refractivity contribution in [3.05, 3.63) is 29.3 Å². The Morgan fingerprint density at radius 3 is 2.79 bits per heavy atom. The molecule has 1 amide bonds. The Bertz CT molecular complexity index is 473. The molecular weight excluding hydrogens is 240 g/mol. The van der Waals surface area contributed by atoms with Gasteiger partial charge in [0.05, 0.1) is 0 Å². The number of piperazine rings is 1. The van der Waals surface area contributed by atoms with Crippen LogP contribution in [0.3, 0.4) is 0 Å². The highest BCUT2D eigenvalue weighted by atomic mass is 16.3. The van der Waals surface area contributed by atoms with Gasteiger partial charge in [0.1, 0.15) is 5.75 Å². The zero-order valence-corrected chi connectivity index (χ0v) is 11.9. The summed E-state index contributed by atoms with van der Waals surface area (Å²) in [6.07, 6.45) is 1.05. The molecule has 1 atom stereocenters. The quantitative estimate of drug-likeness (QED) is 0.885. The monoisotopic (exact) mass is 262 g/mol. The van der Waals surface area contributed by atoms with Gasteiger partial charge in [-0.3, -0.25) is 9.69 Å². The van der Waals surface area contributed by atoms with Crippen LogP contribution in [0.5, 0.6) is 5.75 Å². The zero-order chi connectivity index (χ0) is 14.0. The topological polar surface area (TPSA) is 43.8 Å². The molecular formula is C15H22N2O2. The number of carbonyl (C=O) groups excluding carboxylic acids is 1. The highest BCUT2D eigenvalue weighted by molar-refractivity contribution is 5.95. The number of carbonyl (C=O) groups is 1. The SMILES string of the molecule is CCC1CN(C(=O)c2ccc(O)cc2C)CCN1C. The third-order valence-corrected chi connectivity index (χ3v) is 3.98. The minimum atomic E-state index is 0.0732. The van der Waals surface area contributed by atoms with Gasteiger partial charge in [0.25, 0.3) is 5.91 Å². The summed E-state index contributed by atoms with van der Waals surface area (Å²) in [6, 6.07) is 5.37. The van der Waals surface area contributed by atoms with Gasteiger partial charge in [-0.1, -0.05) is 6.92 Å². The Kier molecular flexibility index (Phi) is 4.10. The standard InChI is InChI=1S/C15H22N2O2/c1-4-12-10-17(8-7-16(12)3)15(19)14-6-5-13(18)9-11(14)2/h5-6,9,12,18H,4,7-8,10H2,1-3H3. The van der Waals surface area contributed by atoms with Gasteiger partial charge >= 0.3 is 0 Å². The molecule has 1 saturated heterocycles. The fourth-order valence-electron chi connectivity index (χ4n) is 2.63. The number of phenols is 1. The van der Waals surface area contributed by atoms with Crippen LogP contribution in [-0.2, 0) is 0 Å². The molecule has 104 valence electrons. The molecule has 0 radical (unpaired) electrons. The predicted molar refractivity (Wildman–Crippen MR) is 75.5 cm³/mol. The van der Waals surface area contributed by atoms with E-state index in [1.54, 1.807) is 18.2 Å². The van der Waals surface area contributed by atoms with Crippen molar-refractivity contribution in [3.8, 4) is 5.75 Å². The number of hydrogen-bond donors (Lipinski definition) is 1. The van der Waals surface area contributed by atoms with Gasteiger partial charge in [0.2, 0.25) is 0 Å². The van der Waals surface area contributed by atoms with Crippen LogP contribution >= 0.6 is 0 Å². The van der Waals surface area contributed by atoms with Crippen LogP contribution < -0.4 is 0 Å². The van der Waals surface area contributed by atoms with Crippen molar-refractivity contribution in [2.24, 2.45) is 0 Å². The van der Waals surface area contributed by atoms with Gasteiger partial charge in [-0.25, -0.2) is 0 Å². The molecule has 1 N–H and O–H groups in total. The second-order valence-corrected chi connectivity index (χ2v) is 5.29. The number of nitrogens with zero attached hydrogens (tertiary/aromatic N) is 2. The summed E-state index contributed by atoms with van der Waals surface area (Å²) in [7, 11) is 2.11. The molecule has 0 bridgehead atoms. The molecule has 1 fully saturated rings. The smallest absolute Gasteiger partial charge is 0.254 e. The Hall–Kier alpha value is -1.55. The lowest BCUT2D eigenvalue weighted by Crippen LogP contribution is -2.53. The van der Waals surface area contributed by atoms with Crippen LogP contribution in [0, 0.1) is 6.92 Å². The van der Waals surface area contributed by atoms with E-state index < -0.39 is 0 Å². The van der Waals surface area contributed by atoms with Crippen LogP contribution in [0.2, 0.25) is 0 Å². The van der Waals surface area contributed by atoms with E-state index in [9.17, 15) is 9.90 Å². The van der Waals surface area contributed by atoms with Crippen molar-refractivity contribution in [3.63, 3.8) is 0 Å². The van der Waals surface area contributed by atoms with E-state index >= 15 is 0 Å². The van der Waals surface area contributed by atoms with E-state index in [1.807, 2.05) is 11.8 Å². The molecule has 1 aliphatic rings. The fourth-order valence-corrected chi connectivity index (χ4v) is 2.63. The molecule has 1 heterocycles. The number of rotatable bonds is 2. The van der Waals surface area contributed by atoms with E-state index in [4.69, 9.17) is 0 Å². The first-order valence-corrected chi connectivity index (χ1v) is 6.82. The second kappa shape index (κ2) is 5.61. The molecule has 2 rings (SSSR count). The van der Waals surface area contributed by atoms with Gasteiger partial charge in [0, 0.05) is 31.2 Å². The van der Waals surface area contributed by atoms with Crippen molar-refractivity contribution in [1.29, 1.82) is 0 Å². The van der Waals surface area contributed by atoms with E-state index in [1.165, 1.54) is 0 Å². The van der Waals surface area contributed by atoms with E-state index in [0.29, 0.717) is 11.6 Å². The third kappa shape index (κ3) is 2.89. The Labute approximate surface area is 114 Å². The first-order chi connectivity index (χ1) is 9.02. The molecule has 1 aromatic carbocycles. The molecule has 1 aliphatic heterocycles. The molecule has 19 heavy (non-hydrogen) atoms. The maximum atomic E-state index is 12.5. The number of hydrogen-bond acceptors (Lipinski definition) is 3. The molecule has 0 aliphatic carbocycles. The van der Waals surface area contributed by atoms with Crippen molar-refractivity contribution >= 4 is 5.91 Å². The van der Waals surface area contributed by atoms with Gasteiger partial charge in [-0.2, -0.15) is 0 Å². The van der Waals surface area contributed by atoms with E-state index in [0.717, 1.165) is 31.6 Å². The van der Waals surface area contributed by atoms with Crippen molar-refractivity contribution in [2.75, 3.05) is 26.7 Å². The van der Waals surface area contributed by atoms with Gasteiger partial charge < -0.3 is 10.0 Å². The van der Waals surface area contributed by atoms with Crippen molar-refractivity contribution < 1.29 is 9.90 Å². The molecule has 4 heteroatoms. The minimum Gasteiger partial charge on any atom is -0.508 e. The normalized spacial score (nSPS) is 20.6. The Balaban J connectivity index is 2.15. The summed E-state index contributed by atoms with van der Waals surface area (Å²) in [5.41, 5.74) is 1.52. The summed E-state index contributed by atoms with van der Waals surface area (Å²) in [5, 5.41) is 9.41. The summed E-state index contributed by atoms with van der Waals surface area (Å²) in [6.45, 7) is 6.49. The van der Waals surface area contributed by atoms with E-state index in [2.05, 4.69) is 18.9 Å². The molecule has 0 spiro atoms. The second-order valence-electron chi connectivity index (χ2n) is 5.29. The van der Waals surface area contributed by atoms with Gasteiger partial charge in [-0.15, -0.1) is 0 Å². The number of aryl methyl sites for hydroxylation is 1.